The first-order valence-electron chi connectivity index (χ1n) is 7.67. The van der Waals surface area contributed by atoms with Gasteiger partial charge in [0.1, 0.15) is 0 Å². The van der Waals surface area contributed by atoms with Gasteiger partial charge in [0.2, 0.25) is 0 Å². The Morgan fingerprint density at radius 2 is 1.14 bits per heavy atom. The van der Waals surface area contributed by atoms with Gasteiger partial charge in [0.05, 0.1) is 6.10 Å². The molecule has 0 saturated carbocycles. The zero-order chi connectivity index (χ0) is 15.8. The van der Waals surface area contributed by atoms with Crippen LogP contribution in [0.4, 0.5) is 0 Å². The van der Waals surface area contributed by atoms with Crippen LogP contribution in [0, 0.1) is 0 Å². The Labute approximate surface area is 135 Å². The molecule has 0 amide bonds. The van der Waals surface area contributed by atoms with Crippen molar-refractivity contribution < 1.29 is 4.43 Å². The molecule has 0 aromatic heterocycles. The van der Waals surface area contributed by atoms with E-state index in [9.17, 15) is 0 Å². The fraction of sp³-hybridized carbons (Fsp3) is 0.200. The predicted octanol–water partition coefficient (Wildman–Crippen LogP) is 5.63. The standard InChI is InChI=1S/C20H24OSi/c1-22(2,3)21-20(16-14-18-10-6-4-7-11-18)17-15-19-12-8-5-9-13-19/h4-17,20H,1-3H3/b16-14-,17-15-. The third-order valence-electron chi connectivity index (χ3n) is 3.05. The maximum atomic E-state index is 6.25. The lowest BCUT2D eigenvalue weighted by atomic mass is 10.1. The van der Waals surface area contributed by atoms with Crippen molar-refractivity contribution in [1.82, 2.24) is 0 Å². The van der Waals surface area contributed by atoms with Crippen LogP contribution in [0.15, 0.2) is 72.8 Å². The summed E-state index contributed by atoms with van der Waals surface area (Å²) in [5.41, 5.74) is 2.39. The first-order chi connectivity index (χ1) is 10.5. The molecule has 0 aliphatic heterocycles. The van der Waals surface area contributed by atoms with Gasteiger partial charge in [-0.25, -0.2) is 0 Å². The third-order valence-corrected chi connectivity index (χ3v) is 4.02. The molecule has 0 spiro atoms. The lowest BCUT2D eigenvalue weighted by Crippen LogP contribution is -2.30. The molecule has 2 rings (SSSR count). The number of hydrogen-bond acceptors (Lipinski definition) is 1. The molecule has 0 fully saturated rings. The molecule has 0 aliphatic rings. The monoisotopic (exact) mass is 308 g/mol. The molecule has 0 bridgehead atoms. The summed E-state index contributed by atoms with van der Waals surface area (Å²) in [6.45, 7) is 6.64. The van der Waals surface area contributed by atoms with Crippen LogP contribution in [0.1, 0.15) is 11.1 Å². The number of rotatable bonds is 6. The largest absolute Gasteiger partial charge is 0.408 e. The molecule has 0 aliphatic carbocycles. The lowest BCUT2D eigenvalue weighted by molar-refractivity contribution is 0.291. The van der Waals surface area contributed by atoms with Gasteiger partial charge in [-0.3, -0.25) is 0 Å². The van der Waals surface area contributed by atoms with Gasteiger partial charge in [-0.15, -0.1) is 0 Å². The average molecular weight is 308 g/mol. The minimum Gasteiger partial charge on any atom is -0.408 e. The molecule has 0 N–H and O–H groups in total. The van der Waals surface area contributed by atoms with Crippen LogP contribution in [-0.4, -0.2) is 14.4 Å². The van der Waals surface area contributed by atoms with Crippen LogP contribution in [-0.2, 0) is 4.43 Å². The summed E-state index contributed by atoms with van der Waals surface area (Å²) in [6, 6.07) is 20.7. The molecule has 0 atom stereocenters. The predicted molar refractivity (Wildman–Crippen MR) is 99.2 cm³/mol. The highest BCUT2D eigenvalue weighted by atomic mass is 28.4. The quantitative estimate of drug-likeness (QED) is 0.628. The maximum Gasteiger partial charge on any atom is 0.184 e. The second kappa shape index (κ2) is 7.92. The molecule has 22 heavy (non-hydrogen) atoms. The van der Waals surface area contributed by atoms with Gasteiger partial charge < -0.3 is 4.43 Å². The van der Waals surface area contributed by atoms with Crippen LogP contribution < -0.4 is 0 Å². The lowest BCUT2D eigenvalue weighted by Gasteiger charge is -2.22. The summed E-state index contributed by atoms with van der Waals surface area (Å²) < 4.78 is 6.25. The van der Waals surface area contributed by atoms with Gasteiger partial charge in [-0.2, -0.15) is 0 Å². The molecule has 2 aromatic carbocycles. The van der Waals surface area contributed by atoms with E-state index < -0.39 is 8.32 Å². The Kier molecular flexibility index (Phi) is 5.93. The molecule has 0 radical (unpaired) electrons. The highest BCUT2D eigenvalue weighted by molar-refractivity contribution is 6.69. The zero-order valence-corrected chi connectivity index (χ0v) is 14.6. The van der Waals surface area contributed by atoms with Crippen molar-refractivity contribution in [2.24, 2.45) is 0 Å². The van der Waals surface area contributed by atoms with Crippen molar-refractivity contribution in [3.05, 3.63) is 83.9 Å². The molecular formula is C20H24OSi. The van der Waals surface area contributed by atoms with Gasteiger partial charge >= 0.3 is 0 Å². The topological polar surface area (TPSA) is 9.23 Å². The van der Waals surface area contributed by atoms with Gasteiger partial charge in [0.25, 0.3) is 0 Å². The molecular weight excluding hydrogens is 284 g/mol. The van der Waals surface area contributed by atoms with E-state index in [1.54, 1.807) is 0 Å². The Bertz CT molecular complexity index is 560. The summed E-state index contributed by atoms with van der Waals surface area (Å²) in [5.74, 6) is 0. The SMILES string of the molecule is C[Si](C)(C)OC(/C=C\c1ccccc1)/C=C\c1ccccc1. The molecule has 0 heterocycles. The summed E-state index contributed by atoms with van der Waals surface area (Å²) >= 11 is 0. The highest BCUT2D eigenvalue weighted by Gasteiger charge is 2.17. The molecule has 2 heteroatoms. The fourth-order valence-corrected chi connectivity index (χ4v) is 3.06. The second-order valence-electron chi connectivity index (χ2n) is 6.23. The normalized spacial score (nSPS) is 12.5. The number of hydrogen-bond donors (Lipinski definition) is 0. The van der Waals surface area contributed by atoms with Gasteiger partial charge in [0, 0.05) is 0 Å². The van der Waals surface area contributed by atoms with Gasteiger partial charge in [-0.1, -0.05) is 85.0 Å². The van der Waals surface area contributed by atoms with Crippen LogP contribution in [0.2, 0.25) is 19.6 Å². The molecule has 2 aromatic rings. The number of benzene rings is 2. The Morgan fingerprint density at radius 1 is 0.727 bits per heavy atom. The van der Waals surface area contributed by atoms with Crippen molar-refractivity contribution in [3.63, 3.8) is 0 Å². The maximum absolute atomic E-state index is 6.25. The molecule has 114 valence electrons. The van der Waals surface area contributed by atoms with E-state index >= 15 is 0 Å². The van der Waals surface area contributed by atoms with E-state index in [2.05, 4.69) is 68.2 Å². The van der Waals surface area contributed by atoms with Crippen molar-refractivity contribution in [1.29, 1.82) is 0 Å². The van der Waals surface area contributed by atoms with E-state index in [1.807, 2.05) is 36.4 Å². The van der Waals surface area contributed by atoms with Crippen LogP contribution in [0.3, 0.4) is 0 Å². The molecule has 0 saturated heterocycles. The molecule has 0 unspecified atom stereocenters. The van der Waals surface area contributed by atoms with Crippen molar-refractivity contribution >= 4 is 20.5 Å². The Balaban J connectivity index is 2.12. The van der Waals surface area contributed by atoms with Crippen molar-refractivity contribution in [2.45, 2.75) is 25.7 Å². The smallest absolute Gasteiger partial charge is 0.184 e. The van der Waals surface area contributed by atoms with Crippen molar-refractivity contribution in [3.8, 4) is 0 Å². The van der Waals surface area contributed by atoms with Crippen LogP contribution >= 0.6 is 0 Å². The fourth-order valence-electron chi connectivity index (χ4n) is 2.09. The van der Waals surface area contributed by atoms with E-state index in [4.69, 9.17) is 4.43 Å². The van der Waals surface area contributed by atoms with Crippen LogP contribution in [0.5, 0.6) is 0 Å². The van der Waals surface area contributed by atoms with Gasteiger partial charge in [-0.05, 0) is 30.8 Å². The van der Waals surface area contributed by atoms with E-state index in [0.717, 1.165) is 0 Å². The van der Waals surface area contributed by atoms with Crippen LogP contribution in [0.25, 0.3) is 12.2 Å². The minimum absolute atomic E-state index is 0.00655. The van der Waals surface area contributed by atoms with E-state index in [0.29, 0.717) is 0 Å². The summed E-state index contributed by atoms with van der Waals surface area (Å²) in [5, 5.41) is 0. The first-order valence-corrected chi connectivity index (χ1v) is 11.1. The second-order valence-corrected chi connectivity index (χ2v) is 10.7. The summed E-state index contributed by atoms with van der Waals surface area (Å²) in [4.78, 5) is 0. The highest BCUT2D eigenvalue weighted by Crippen LogP contribution is 2.13. The van der Waals surface area contributed by atoms with E-state index in [-0.39, 0.29) is 6.10 Å². The zero-order valence-electron chi connectivity index (χ0n) is 13.6. The Morgan fingerprint density at radius 3 is 1.50 bits per heavy atom. The third kappa shape index (κ3) is 6.25. The average Bonchev–Trinajstić information content (AvgIpc) is 2.51. The summed E-state index contributed by atoms with van der Waals surface area (Å²) in [6.07, 6.45) is 8.52. The first kappa shape index (κ1) is 16.5. The molecule has 1 nitrogen and oxygen atoms in total. The minimum atomic E-state index is -1.60. The summed E-state index contributed by atoms with van der Waals surface area (Å²) in [7, 11) is -1.60. The Hall–Kier alpha value is -1.90. The van der Waals surface area contributed by atoms with Gasteiger partial charge in [0.15, 0.2) is 8.32 Å². The van der Waals surface area contributed by atoms with Crippen molar-refractivity contribution in [2.75, 3.05) is 0 Å². The van der Waals surface area contributed by atoms with E-state index in [1.165, 1.54) is 11.1 Å².